The first-order valence-electron chi connectivity index (χ1n) is 8.66. The van der Waals surface area contributed by atoms with Crippen molar-refractivity contribution < 1.29 is 13.2 Å². The van der Waals surface area contributed by atoms with Crippen LogP contribution in [0.15, 0.2) is 23.1 Å². The van der Waals surface area contributed by atoms with Crippen molar-refractivity contribution in [2.45, 2.75) is 38.0 Å². The van der Waals surface area contributed by atoms with E-state index in [0.29, 0.717) is 38.1 Å². The normalized spacial score (nSPS) is 16.5. The number of fused-ring (bicyclic) bond motifs is 1. The molecule has 2 heterocycles. The molecule has 0 radical (unpaired) electrons. The average molecular weight is 364 g/mol. The lowest BCUT2D eigenvalue weighted by Crippen LogP contribution is -2.50. The quantitative estimate of drug-likeness (QED) is 0.878. The van der Waals surface area contributed by atoms with Gasteiger partial charge in [0.05, 0.1) is 15.9 Å². The molecule has 1 aliphatic heterocycles. The van der Waals surface area contributed by atoms with Crippen molar-refractivity contribution in [2.75, 3.05) is 26.2 Å². The van der Waals surface area contributed by atoms with Crippen LogP contribution in [0.2, 0.25) is 0 Å². The molecule has 0 aliphatic carbocycles. The Kier molecular flexibility index (Phi) is 5.10. The maximum atomic E-state index is 12.9. The molecule has 1 fully saturated rings. The highest BCUT2D eigenvalue weighted by Crippen LogP contribution is 2.22. The molecule has 1 aliphatic rings. The van der Waals surface area contributed by atoms with Gasteiger partial charge < -0.3 is 9.88 Å². The standard InChI is InChI=1S/C17H24N4O3S/c1-3-4-5-17(22)20-8-10-21(11-9-20)25(23,24)14-6-7-15-16(12-14)19-13(2)18-15/h6-7,12H,3-5,8-11H2,1-2H3,(H,18,19). The van der Waals surface area contributed by atoms with Crippen LogP contribution in [0.25, 0.3) is 11.0 Å². The van der Waals surface area contributed by atoms with E-state index >= 15 is 0 Å². The molecule has 136 valence electrons. The number of nitrogens with one attached hydrogen (secondary N) is 1. The van der Waals surface area contributed by atoms with E-state index < -0.39 is 10.0 Å². The molecule has 1 amide bonds. The zero-order chi connectivity index (χ0) is 18.0. The van der Waals surface area contributed by atoms with Crippen LogP contribution in [-0.2, 0) is 14.8 Å². The van der Waals surface area contributed by atoms with Crippen LogP contribution in [0.1, 0.15) is 32.0 Å². The highest BCUT2D eigenvalue weighted by molar-refractivity contribution is 7.89. The maximum absolute atomic E-state index is 12.9. The first-order valence-corrected chi connectivity index (χ1v) is 10.1. The highest BCUT2D eigenvalue weighted by atomic mass is 32.2. The molecule has 3 rings (SSSR count). The van der Waals surface area contributed by atoms with Gasteiger partial charge in [-0.15, -0.1) is 0 Å². The number of nitrogens with zero attached hydrogens (tertiary/aromatic N) is 3. The molecular formula is C17H24N4O3S. The van der Waals surface area contributed by atoms with Crippen LogP contribution in [0.5, 0.6) is 0 Å². The molecule has 8 heteroatoms. The number of aromatic nitrogens is 2. The summed E-state index contributed by atoms with van der Waals surface area (Å²) in [6.45, 7) is 5.46. The smallest absolute Gasteiger partial charge is 0.243 e. The van der Waals surface area contributed by atoms with Crippen molar-refractivity contribution in [1.82, 2.24) is 19.2 Å². The lowest BCUT2D eigenvalue weighted by molar-refractivity contribution is -0.132. The van der Waals surface area contributed by atoms with E-state index in [1.54, 1.807) is 23.1 Å². The van der Waals surface area contributed by atoms with Crippen molar-refractivity contribution in [2.24, 2.45) is 0 Å². The number of carbonyl (C=O) groups is 1. The fourth-order valence-corrected chi connectivity index (χ4v) is 4.54. The summed E-state index contributed by atoms with van der Waals surface area (Å²) >= 11 is 0. The van der Waals surface area contributed by atoms with Crippen LogP contribution < -0.4 is 0 Å². The fraction of sp³-hybridized carbons (Fsp3) is 0.529. The molecular weight excluding hydrogens is 340 g/mol. The van der Waals surface area contributed by atoms with Crippen molar-refractivity contribution in [1.29, 1.82) is 0 Å². The van der Waals surface area contributed by atoms with Gasteiger partial charge in [-0.2, -0.15) is 4.31 Å². The van der Waals surface area contributed by atoms with Gasteiger partial charge in [0.25, 0.3) is 0 Å². The molecule has 1 saturated heterocycles. The molecule has 0 atom stereocenters. The number of rotatable bonds is 5. The highest BCUT2D eigenvalue weighted by Gasteiger charge is 2.30. The minimum atomic E-state index is -3.56. The number of hydrogen-bond acceptors (Lipinski definition) is 4. The predicted octanol–water partition coefficient (Wildman–Crippen LogP) is 1.89. The number of unbranched alkanes of at least 4 members (excludes halogenated alkanes) is 1. The number of aryl methyl sites for hydroxylation is 1. The van der Waals surface area contributed by atoms with E-state index in [0.717, 1.165) is 24.2 Å². The molecule has 1 aromatic heterocycles. The second kappa shape index (κ2) is 7.13. The van der Waals surface area contributed by atoms with Crippen molar-refractivity contribution in [3.05, 3.63) is 24.0 Å². The number of imidazole rings is 1. The number of carbonyl (C=O) groups excluding carboxylic acids is 1. The summed E-state index contributed by atoms with van der Waals surface area (Å²) in [6, 6.07) is 4.94. The molecule has 0 bridgehead atoms. The first kappa shape index (κ1) is 17.9. The third kappa shape index (κ3) is 3.69. The summed E-state index contributed by atoms with van der Waals surface area (Å²) in [4.78, 5) is 21.5. The number of sulfonamides is 1. The van der Waals surface area contributed by atoms with Crippen LogP contribution in [0.3, 0.4) is 0 Å². The monoisotopic (exact) mass is 364 g/mol. The zero-order valence-electron chi connectivity index (χ0n) is 14.7. The number of benzene rings is 1. The number of aromatic amines is 1. The molecule has 0 saturated carbocycles. The molecule has 7 nitrogen and oxygen atoms in total. The maximum Gasteiger partial charge on any atom is 0.243 e. The van der Waals surface area contributed by atoms with Gasteiger partial charge in [0.2, 0.25) is 15.9 Å². The molecule has 2 aromatic rings. The van der Waals surface area contributed by atoms with E-state index in [1.165, 1.54) is 4.31 Å². The second-order valence-electron chi connectivity index (χ2n) is 6.39. The van der Waals surface area contributed by atoms with Crippen molar-refractivity contribution in [3.8, 4) is 0 Å². The fourth-order valence-electron chi connectivity index (χ4n) is 3.09. The van der Waals surface area contributed by atoms with Crippen LogP contribution >= 0.6 is 0 Å². The van der Waals surface area contributed by atoms with Crippen LogP contribution in [-0.4, -0.2) is 59.7 Å². The number of piperazine rings is 1. The zero-order valence-corrected chi connectivity index (χ0v) is 15.5. The lowest BCUT2D eigenvalue weighted by Gasteiger charge is -2.34. The van der Waals surface area contributed by atoms with Gasteiger partial charge in [-0.3, -0.25) is 4.79 Å². The van der Waals surface area contributed by atoms with E-state index in [1.807, 2.05) is 6.92 Å². The van der Waals surface area contributed by atoms with E-state index in [9.17, 15) is 13.2 Å². The minimum absolute atomic E-state index is 0.119. The van der Waals surface area contributed by atoms with Crippen LogP contribution in [0, 0.1) is 6.92 Å². The first-order chi connectivity index (χ1) is 11.9. The number of amides is 1. The van der Waals surface area contributed by atoms with Gasteiger partial charge in [-0.1, -0.05) is 13.3 Å². The summed E-state index contributed by atoms with van der Waals surface area (Å²) < 4.78 is 27.2. The van der Waals surface area contributed by atoms with Gasteiger partial charge >= 0.3 is 0 Å². The largest absolute Gasteiger partial charge is 0.342 e. The summed E-state index contributed by atoms with van der Waals surface area (Å²) in [5, 5.41) is 0. The predicted molar refractivity (Wildman–Crippen MR) is 95.7 cm³/mol. The van der Waals surface area contributed by atoms with E-state index in [4.69, 9.17) is 0 Å². The van der Waals surface area contributed by atoms with Crippen molar-refractivity contribution in [3.63, 3.8) is 0 Å². The Bertz CT molecular complexity index is 867. The SMILES string of the molecule is CCCCC(=O)N1CCN(S(=O)(=O)c2ccc3nc(C)[nH]c3c2)CC1. The minimum Gasteiger partial charge on any atom is -0.342 e. The van der Waals surface area contributed by atoms with Gasteiger partial charge in [0, 0.05) is 32.6 Å². The molecule has 1 N–H and O–H groups in total. The molecule has 0 spiro atoms. The lowest BCUT2D eigenvalue weighted by atomic mass is 10.2. The molecule has 25 heavy (non-hydrogen) atoms. The number of hydrogen-bond donors (Lipinski definition) is 1. The Hall–Kier alpha value is -1.93. The Morgan fingerprint density at radius 2 is 1.96 bits per heavy atom. The Balaban J connectivity index is 1.71. The Morgan fingerprint density at radius 1 is 1.24 bits per heavy atom. The third-order valence-electron chi connectivity index (χ3n) is 4.55. The summed E-state index contributed by atoms with van der Waals surface area (Å²) in [7, 11) is -3.56. The van der Waals surface area contributed by atoms with Gasteiger partial charge in [0.1, 0.15) is 5.82 Å². The Morgan fingerprint density at radius 3 is 2.64 bits per heavy atom. The second-order valence-corrected chi connectivity index (χ2v) is 8.33. The summed E-state index contributed by atoms with van der Waals surface area (Å²) in [5.41, 5.74) is 1.47. The van der Waals surface area contributed by atoms with Gasteiger partial charge in [-0.25, -0.2) is 13.4 Å². The third-order valence-corrected chi connectivity index (χ3v) is 6.44. The molecule has 0 unspecified atom stereocenters. The molecule has 1 aromatic carbocycles. The topological polar surface area (TPSA) is 86.4 Å². The Labute approximate surface area is 148 Å². The summed E-state index contributed by atoms with van der Waals surface area (Å²) in [5.74, 6) is 0.872. The number of H-pyrrole nitrogens is 1. The summed E-state index contributed by atoms with van der Waals surface area (Å²) in [6.07, 6.45) is 2.40. The van der Waals surface area contributed by atoms with Gasteiger partial charge in [-0.05, 0) is 31.5 Å². The van der Waals surface area contributed by atoms with E-state index in [-0.39, 0.29) is 10.8 Å². The van der Waals surface area contributed by atoms with E-state index in [2.05, 4.69) is 16.9 Å². The van der Waals surface area contributed by atoms with Gasteiger partial charge in [0.15, 0.2) is 0 Å². The average Bonchev–Trinajstić information content (AvgIpc) is 2.98. The van der Waals surface area contributed by atoms with Crippen molar-refractivity contribution >= 4 is 27.0 Å². The van der Waals surface area contributed by atoms with Crippen LogP contribution in [0.4, 0.5) is 0 Å².